The maximum absolute atomic E-state index is 5.94. The van der Waals surface area contributed by atoms with Gasteiger partial charge >= 0.3 is 0 Å². The summed E-state index contributed by atoms with van der Waals surface area (Å²) in [7, 11) is 0. The highest BCUT2D eigenvalue weighted by Gasteiger charge is 2.30. The summed E-state index contributed by atoms with van der Waals surface area (Å²) in [6, 6.07) is 20.3. The molecule has 2 heterocycles. The molecular formula is C22H22N4O2S. The molecule has 29 heavy (non-hydrogen) atoms. The summed E-state index contributed by atoms with van der Waals surface area (Å²) in [4.78, 5) is 0. The summed E-state index contributed by atoms with van der Waals surface area (Å²) < 4.78 is 11.9. The fourth-order valence-electron chi connectivity index (χ4n) is 2.98. The van der Waals surface area contributed by atoms with Gasteiger partial charge in [0.1, 0.15) is 10.5 Å². The third kappa shape index (κ3) is 4.40. The average molecular weight is 407 g/mol. The molecule has 148 valence electrons. The minimum atomic E-state index is -0.161. The molecule has 7 heteroatoms. The number of rotatable bonds is 8. The standard InChI is InChI=1S/C22H22N4O2S/c1-3-17-23-25-21(27-17)19(15-11-7-5-8-12-15)29-20(16-13-9-6-10-14-16)22-26-24-18(4-2)28-22/h5-14,19-20H,3-4H2,1-2H3. The highest BCUT2D eigenvalue weighted by atomic mass is 32.2. The predicted octanol–water partition coefficient (Wildman–Crippen LogP) is 5.19. The van der Waals surface area contributed by atoms with Gasteiger partial charge in [-0.15, -0.1) is 32.2 Å². The lowest BCUT2D eigenvalue weighted by Crippen LogP contribution is -2.05. The lowest BCUT2D eigenvalue weighted by molar-refractivity contribution is 0.455. The number of nitrogens with zero attached hydrogens (tertiary/aromatic N) is 4. The van der Waals surface area contributed by atoms with Gasteiger partial charge in [0.15, 0.2) is 0 Å². The van der Waals surface area contributed by atoms with Crippen LogP contribution in [0.3, 0.4) is 0 Å². The number of aryl methyl sites for hydroxylation is 2. The largest absolute Gasteiger partial charge is 0.424 e. The molecule has 2 aromatic carbocycles. The van der Waals surface area contributed by atoms with Crippen LogP contribution in [0.2, 0.25) is 0 Å². The molecule has 0 saturated heterocycles. The third-order valence-electron chi connectivity index (χ3n) is 4.50. The van der Waals surface area contributed by atoms with E-state index in [4.69, 9.17) is 8.83 Å². The van der Waals surface area contributed by atoms with Gasteiger partial charge in [-0.05, 0) is 11.1 Å². The molecule has 0 radical (unpaired) electrons. The van der Waals surface area contributed by atoms with E-state index in [9.17, 15) is 0 Å². The van der Waals surface area contributed by atoms with Crippen molar-refractivity contribution in [3.05, 3.63) is 95.4 Å². The van der Waals surface area contributed by atoms with Crippen LogP contribution in [0.5, 0.6) is 0 Å². The lowest BCUT2D eigenvalue weighted by Gasteiger charge is -2.19. The lowest BCUT2D eigenvalue weighted by atomic mass is 10.1. The molecule has 0 aliphatic carbocycles. The van der Waals surface area contributed by atoms with E-state index in [2.05, 4.69) is 44.7 Å². The first-order valence-electron chi connectivity index (χ1n) is 9.68. The summed E-state index contributed by atoms with van der Waals surface area (Å²) >= 11 is 1.66. The van der Waals surface area contributed by atoms with E-state index >= 15 is 0 Å². The normalized spacial score (nSPS) is 13.3. The number of hydrogen-bond acceptors (Lipinski definition) is 7. The fraction of sp³-hybridized carbons (Fsp3) is 0.273. The Morgan fingerprint density at radius 1 is 0.655 bits per heavy atom. The highest BCUT2D eigenvalue weighted by Crippen LogP contribution is 2.46. The molecule has 4 rings (SSSR count). The van der Waals surface area contributed by atoms with Crippen LogP contribution in [0.1, 0.15) is 59.0 Å². The SMILES string of the molecule is CCc1nnc(C(SC(c2ccccc2)c2nnc(CC)o2)c2ccccc2)o1. The van der Waals surface area contributed by atoms with Crippen LogP contribution >= 0.6 is 11.8 Å². The van der Waals surface area contributed by atoms with Crippen LogP contribution < -0.4 is 0 Å². The molecule has 2 atom stereocenters. The van der Waals surface area contributed by atoms with Crippen molar-refractivity contribution < 1.29 is 8.83 Å². The fourth-order valence-corrected chi connectivity index (χ4v) is 4.31. The van der Waals surface area contributed by atoms with Crippen LogP contribution in [0.25, 0.3) is 0 Å². The highest BCUT2D eigenvalue weighted by molar-refractivity contribution is 8.00. The van der Waals surface area contributed by atoms with E-state index in [1.54, 1.807) is 11.8 Å². The summed E-state index contributed by atoms with van der Waals surface area (Å²) in [5.74, 6) is 2.41. The van der Waals surface area contributed by atoms with E-state index in [1.807, 2.05) is 50.2 Å². The molecule has 0 N–H and O–H groups in total. The van der Waals surface area contributed by atoms with Crippen LogP contribution in [0, 0.1) is 0 Å². The quantitative estimate of drug-likeness (QED) is 0.398. The van der Waals surface area contributed by atoms with Crippen molar-refractivity contribution in [2.24, 2.45) is 0 Å². The van der Waals surface area contributed by atoms with Gasteiger partial charge in [0.25, 0.3) is 0 Å². The van der Waals surface area contributed by atoms with Gasteiger partial charge in [0.2, 0.25) is 23.6 Å². The summed E-state index contributed by atoms with van der Waals surface area (Å²) in [6.45, 7) is 4.00. The Balaban J connectivity index is 1.75. The molecule has 0 saturated carbocycles. The topological polar surface area (TPSA) is 77.8 Å². The predicted molar refractivity (Wildman–Crippen MR) is 112 cm³/mol. The number of thioether (sulfide) groups is 1. The second-order valence-corrected chi connectivity index (χ2v) is 7.71. The van der Waals surface area contributed by atoms with Crippen molar-refractivity contribution in [2.75, 3.05) is 0 Å². The monoisotopic (exact) mass is 406 g/mol. The van der Waals surface area contributed by atoms with E-state index in [1.165, 1.54) is 0 Å². The number of aromatic nitrogens is 4. The minimum Gasteiger partial charge on any atom is -0.424 e. The second kappa shape index (κ2) is 9.05. The number of hydrogen-bond donors (Lipinski definition) is 0. The third-order valence-corrected chi connectivity index (χ3v) is 5.99. The molecule has 0 aliphatic heterocycles. The Morgan fingerprint density at radius 3 is 1.41 bits per heavy atom. The zero-order valence-electron chi connectivity index (χ0n) is 16.4. The second-order valence-electron chi connectivity index (χ2n) is 6.49. The van der Waals surface area contributed by atoms with E-state index in [0.717, 1.165) is 11.1 Å². The van der Waals surface area contributed by atoms with E-state index in [0.29, 0.717) is 36.4 Å². The Hall–Kier alpha value is -2.93. The van der Waals surface area contributed by atoms with Crippen LogP contribution in [0.15, 0.2) is 69.5 Å². The Labute approximate surface area is 173 Å². The molecule has 6 nitrogen and oxygen atoms in total. The molecular weight excluding hydrogens is 384 g/mol. The number of benzene rings is 2. The molecule has 0 bridgehead atoms. The molecule has 2 aromatic heterocycles. The van der Waals surface area contributed by atoms with Gasteiger partial charge in [-0.1, -0.05) is 74.5 Å². The maximum Gasteiger partial charge on any atom is 0.233 e. The van der Waals surface area contributed by atoms with Crippen molar-refractivity contribution in [2.45, 2.75) is 37.2 Å². The van der Waals surface area contributed by atoms with Crippen molar-refractivity contribution in [3.63, 3.8) is 0 Å². The van der Waals surface area contributed by atoms with Crippen LogP contribution in [0.4, 0.5) is 0 Å². The van der Waals surface area contributed by atoms with E-state index < -0.39 is 0 Å². The summed E-state index contributed by atoms with van der Waals surface area (Å²) in [5.41, 5.74) is 2.17. The van der Waals surface area contributed by atoms with Crippen molar-refractivity contribution in [3.8, 4) is 0 Å². The van der Waals surface area contributed by atoms with Crippen molar-refractivity contribution in [1.82, 2.24) is 20.4 Å². The molecule has 0 amide bonds. The average Bonchev–Trinajstić information content (AvgIpc) is 3.45. The van der Waals surface area contributed by atoms with Gasteiger partial charge in [-0.25, -0.2) is 0 Å². The maximum atomic E-state index is 5.94. The summed E-state index contributed by atoms with van der Waals surface area (Å²) in [6.07, 6.45) is 1.40. The first kappa shape index (κ1) is 19.4. The van der Waals surface area contributed by atoms with Gasteiger partial charge < -0.3 is 8.83 Å². The van der Waals surface area contributed by atoms with Gasteiger partial charge in [0, 0.05) is 12.8 Å². The zero-order valence-corrected chi connectivity index (χ0v) is 17.2. The van der Waals surface area contributed by atoms with Crippen molar-refractivity contribution >= 4 is 11.8 Å². The molecule has 0 aliphatic rings. The van der Waals surface area contributed by atoms with Crippen LogP contribution in [-0.4, -0.2) is 20.4 Å². The van der Waals surface area contributed by atoms with Crippen LogP contribution in [-0.2, 0) is 12.8 Å². The Kier molecular flexibility index (Phi) is 6.05. The summed E-state index contributed by atoms with van der Waals surface area (Å²) in [5, 5.41) is 16.7. The van der Waals surface area contributed by atoms with Gasteiger partial charge in [0.05, 0.1) is 0 Å². The molecule has 0 spiro atoms. The zero-order chi connectivity index (χ0) is 20.1. The smallest absolute Gasteiger partial charge is 0.233 e. The minimum absolute atomic E-state index is 0.161. The Bertz CT molecular complexity index is 949. The van der Waals surface area contributed by atoms with Crippen molar-refractivity contribution in [1.29, 1.82) is 0 Å². The molecule has 4 aromatic rings. The first-order valence-corrected chi connectivity index (χ1v) is 10.6. The van der Waals surface area contributed by atoms with E-state index in [-0.39, 0.29) is 10.5 Å². The molecule has 2 unspecified atom stereocenters. The van der Waals surface area contributed by atoms with Gasteiger partial charge in [-0.2, -0.15) is 0 Å². The Morgan fingerprint density at radius 2 is 1.07 bits per heavy atom. The molecule has 0 fully saturated rings. The first-order chi connectivity index (χ1) is 14.3. The van der Waals surface area contributed by atoms with Gasteiger partial charge in [-0.3, -0.25) is 0 Å².